The van der Waals surface area contributed by atoms with Crippen LogP contribution in [0.15, 0.2) is 54.7 Å². The first-order valence-electron chi connectivity index (χ1n) is 6.31. The summed E-state index contributed by atoms with van der Waals surface area (Å²) in [5.74, 6) is -0.0617. The van der Waals surface area contributed by atoms with Crippen LogP contribution in [0.2, 0.25) is 0 Å². The molecule has 0 radical (unpaired) electrons. The molecular formula is C17H12N2O. The largest absolute Gasteiger partial charge is 0.283 e. The van der Waals surface area contributed by atoms with Crippen molar-refractivity contribution >= 4 is 16.8 Å². The van der Waals surface area contributed by atoms with Gasteiger partial charge in [0.25, 0.3) is 5.91 Å². The van der Waals surface area contributed by atoms with Gasteiger partial charge in [-0.1, -0.05) is 17.7 Å². The molecule has 0 amide bonds. The minimum atomic E-state index is -0.0617. The normalized spacial score (nSPS) is 10.4. The topological polar surface area (TPSA) is 45.8 Å². The summed E-state index contributed by atoms with van der Waals surface area (Å²) in [5.41, 5.74) is 3.12. The Morgan fingerprint density at radius 3 is 2.75 bits per heavy atom. The van der Waals surface area contributed by atoms with E-state index in [1.54, 1.807) is 22.9 Å². The van der Waals surface area contributed by atoms with Gasteiger partial charge < -0.3 is 0 Å². The summed E-state index contributed by atoms with van der Waals surface area (Å²) < 4.78 is 1.62. The van der Waals surface area contributed by atoms with E-state index in [9.17, 15) is 4.79 Å². The van der Waals surface area contributed by atoms with Crippen LogP contribution < -0.4 is 0 Å². The van der Waals surface area contributed by atoms with Gasteiger partial charge in [0, 0.05) is 17.1 Å². The zero-order chi connectivity index (χ0) is 14.1. The Morgan fingerprint density at radius 2 is 2.00 bits per heavy atom. The lowest BCUT2D eigenvalue weighted by molar-refractivity contribution is 0.0965. The Bertz CT molecular complexity index is 853. The minimum absolute atomic E-state index is 0.0617. The molecule has 3 heteroatoms. The number of hydrogen-bond donors (Lipinski definition) is 0. The van der Waals surface area contributed by atoms with E-state index in [0.29, 0.717) is 11.1 Å². The molecule has 3 nitrogen and oxygen atoms in total. The predicted molar refractivity (Wildman–Crippen MR) is 77.6 cm³/mol. The molecule has 0 spiro atoms. The molecule has 0 aliphatic rings. The third-order valence-electron chi connectivity index (χ3n) is 3.30. The average molecular weight is 260 g/mol. The Kier molecular flexibility index (Phi) is 2.85. The van der Waals surface area contributed by atoms with Gasteiger partial charge in [-0.2, -0.15) is 5.26 Å². The molecule has 3 aromatic rings. The van der Waals surface area contributed by atoms with Gasteiger partial charge in [-0.25, -0.2) is 0 Å². The van der Waals surface area contributed by atoms with Gasteiger partial charge in [0.2, 0.25) is 0 Å². The van der Waals surface area contributed by atoms with E-state index in [0.717, 1.165) is 16.5 Å². The maximum absolute atomic E-state index is 12.5. The number of aryl methyl sites for hydroxylation is 1. The van der Waals surface area contributed by atoms with Gasteiger partial charge >= 0.3 is 0 Å². The summed E-state index contributed by atoms with van der Waals surface area (Å²) in [7, 11) is 0. The van der Waals surface area contributed by atoms with Crippen LogP contribution in [0.1, 0.15) is 21.5 Å². The second kappa shape index (κ2) is 4.67. The molecule has 20 heavy (non-hydrogen) atoms. The molecule has 0 fully saturated rings. The lowest BCUT2D eigenvalue weighted by Crippen LogP contribution is -2.10. The van der Waals surface area contributed by atoms with Gasteiger partial charge in [-0.05, 0) is 43.3 Å². The first-order chi connectivity index (χ1) is 9.69. The van der Waals surface area contributed by atoms with E-state index >= 15 is 0 Å². The van der Waals surface area contributed by atoms with Gasteiger partial charge in [0.15, 0.2) is 0 Å². The van der Waals surface area contributed by atoms with Crippen molar-refractivity contribution in [3.63, 3.8) is 0 Å². The van der Waals surface area contributed by atoms with E-state index in [2.05, 4.69) is 6.07 Å². The van der Waals surface area contributed by atoms with E-state index < -0.39 is 0 Å². The van der Waals surface area contributed by atoms with E-state index in [1.807, 2.05) is 43.3 Å². The molecule has 0 saturated heterocycles. The molecule has 1 aromatic heterocycles. The molecule has 0 aliphatic carbocycles. The van der Waals surface area contributed by atoms with E-state index in [-0.39, 0.29) is 5.91 Å². The average Bonchev–Trinajstić information content (AvgIpc) is 2.89. The van der Waals surface area contributed by atoms with Crippen molar-refractivity contribution in [1.29, 1.82) is 5.26 Å². The summed E-state index contributed by atoms with van der Waals surface area (Å²) in [6.45, 7) is 1.96. The molecular weight excluding hydrogens is 248 g/mol. The Labute approximate surface area is 116 Å². The third-order valence-corrected chi connectivity index (χ3v) is 3.30. The highest BCUT2D eigenvalue weighted by molar-refractivity contribution is 6.02. The Morgan fingerprint density at radius 1 is 1.15 bits per heavy atom. The van der Waals surface area contributed by atoms with Crippen molar-refractivity contribution in [3.8, 4) is 6.07 Å². The standard InChI is InChI=1S/C17H12N2O/c1-12-3-2-4-15(9-12)17(20)19-8-7-14-10-13(11-18)5-6-16(14)19/h2-10H,1H3. The molecule has 0 atom stereocenters. The van der Waals surface area contributed by atoms with Crippen molar-refractivity contribution in [2.24, 2.45) is 0 Å². The van der Waals surface area contributed by atoms with E-state index in [4.69, 9.17) is 5.26 Å². The van der Waals surface area contributed by atoms with Crippen LogP contribution >= 0.6 is 0 Å². The van der Waals surface area contributed by atoms with Crippen LogP contribution in [-0.2, 0) is 0 Å². The maximum Gasteiger partial charge on any atom is 0.262 e. The van der Waals surface area contributed by atoms with E-state index in [1.165, 1.54) is 0 Å². The molecule has 3 rings (SSSR count). The summed E-state index contributed by atoms with van der Waals surface area (Å²) in [6.07, 6.45) is 1.75. The second-order valence-electron chi connectivity index (χ2n) is 4.75. The zero-order valence-electron chi connectivity index (χ0n) is 11.0. The number of fused-ring (bicyclic) bond motifs is 1. The fourth-order valence-corrected chi connectivity index (χ4v) is 2.31. The number of nitriles is 1. The van der Waals surface area contributed by atoms with Crippen molar-refractivity contribution in [2.45, 2.75) is 6.92 Å². The Balaban J connectivity index is 2.11. The third kappa shape index (κ3) is 1.98. The number of nitrogens with zero attached hydrogens (tertiary/aromatic N) is 2. The summed E-state index contributed by atoms with van der Waals surface area (Å²) in [6, 6.07) is 16.8. The van der Waals surface area contributed by atoms with Crippen LogP contribution in [0.4, 0.5) is 0 Å². The number of carbonyl (C=O) groups is 1. The molecule has 1 heterocycles. The van der Waals surface area contributed by atoms with Crippen molar-refractivity contribution < 1.29 is 4.79 Å². The lowest BCUT2D eigenvalue weighted by Gasteiger charge is -2.05. The second-order valence-corrected chi connectivity index (χ2v) is 4.75. The van der Waals surface area contributed by atoms with Gasteiger partial charge in [0.05, 0.1) is 17.1 Å². The minimum Gasteiger partial charge on any atom is -0.283 e. The molecule has 0 N–H and O–H groups in total. The van der Waals surface area contributed by atoms with Crippen molar-refractivity contribution in [3.05, 3.63) is 71.4 Å². The predicted octanol–water partition coefficient (Wildman–Crippen LogP) is 3.51. The molecule has 2 aromatic carbocycles. The fraction of sp³-hybridized carbons (Fsp3) is 0.0588. The van der Waals surface area contributed by atoms with Gasteiger partial charge in [0.1, 0.15) is 0 Å². The lowest BCUT2D eigenvalue weighted by atomic mass is 10.1. The SMILES string of the molecule is Cc1cccc(C(=O)n2ccc3cc(C#N)ccc32)c1. The van der Waals surface area contributed by atoms with Crippen LogP contribution in [0.5, 0.6) is 0 Å². The van der Waals surface area contributed by atoms with Crippen LogP contribution in [-0.4, -0.2) is 10.5 Å². The smallest absolute Gasteiger partial charge is 0.262 e. The van der Waals surface area contributed by atoms with Gasteiger partial charge in [-0.15, -0.1) is 0 Å². The maximum atomic E-state index is 12.5. The Hall–Kier alpha value is -2.86. The summed E-state index contributed by atoms with van der Waals surface area (Å²) in [5, 5.41) is 9.79. The molecule has 0 saturated carbocycles. The summed E-state index contributed by atoms with van der Waals surface area (Å²) in [4.78, 5) is 12.5. The number of aromatic nitrogens is 1. The number of hydrogen-bond acceptors (Lipinski definition) is 2. The number of carbonyl (C=O) groups excluding carboxylic acids is 1. The molecule has 0 bridgehead atoms. The quantitative estimate of drug-likeness (QED) is 0.672. The fourth-order valence-electron chi connectivity index (χ4n) is 2.31. The van der Waals surface area contributed by atoms with Crippen LogP contribution in [0.3, 0.4) is 0 Å². The van der Waals surface area contributed by atoms with Crippen LogP contribution in [0.25, 0.3) is 10.9 Å². The highest BCUT2D eigenvalue weighted by Gasteiger charge is 2.11. The van der Waals surface area contributed by atoms with Crippen molar-refractivity contribution in [2.75, 3.05) is 0 Å². The number of benzene rings is 2. The highest BCUT2D eigenvalue weighted by Crippen LogP contribution is 2.19. The zero-order valence-corrected chi connectivity index (χ0v) is 11.0. The molecule has 0 aliphatic heterocycles. The molecule has 0 unspecified atom stereocenters. The highest BCUT2D eigenvalue weighted by atomic mass is 16.2. The first-order valence-corrected chi connectivity index (χ1v) is 6.31. The van der Waals surface area contributed by atoms with Gasteiger partial charge in [-0.3, -0.25) is 9.36 Å². The molecule has 96 valence electrons. The van der Waals surface area contributed by atoms with Crippen molar-refractivity contribution in [1.82, 2.24) is 4.57 Å². The summed E-state index contributed by atoms with van der Waals surface area (Å²) >= 11 is 0. The number of rotatable bonds is 1. The first kappa shape index (κ1) is 12.2. The van der Waals surface area contributed by atoms with Crippen LogP contribution in [0, 0.1) is 18.3 Å². The monoisotopic (exact) mass is 260 g/mol.